The molecular weight excluding hydrogens is 550 g/mol. The molecule has 1 saturated heterocycles. The van der Waals surface area contributed by atoms with E-state index in [1.54, 1.807) is 4.90 Å². The lowest BCUT2D eigenvalue weighted by atomic mass is 9.83. The minimum absolute atomic E-state index is 0.169. The van der Waals surface area contributed by atoms with E-state index in [0.717, 1.165) is 22.4 Å². The Balaban J connectivity index is 1.32. The Hall–Kier alpha value is -3.99. The summed E-state index contributed by atoms with van der Waals surface area (Å²) in [6.45, 7) is 11.4. The second-order valence-electron chi connectivity index (χ2n) is 12.4. The lowest BCUT2D eigenvalue weighted by molar-refractivity contribution is 0.0148. The average molecular weight is 590 g/mol. The molecule has 0 radical (unpaired) electrons. The van der Waals surface area contributed by atoms with Gasteiger partial charge in [0.2, 0.25) is 4.77 Å². The summed E-state index contributed by atoms with van der Waals surface area (Å²) in [5, 5.41) is 9.13. The molecule has 11 heteroatoms. The van der Waals surface area contributed by atoms with Crippen LogP contribution >= 0.6 is 12.2 Å². The van der Waals surface area contributed by atoms with Crippen LogP contribution in [0, 0.1) is 4.77 Å². The van der Waals surface area contributed by atoms with Gasteiger partial charge in [-0.1, -0.05) is 38.1 Å². The molecule has 0 unspecified atom stereocenters. The van der Waals surface area contributed by atoms with Gasteiger partial charge in [0, 0.05) is 37.5 Å². The molecule has 0 aliphatic carbocycles. The Kier molecular flexibility index (Phi) is 8.23. The number of aromatic nitrogens is 5. The molecule has 2 amide bonds. The number of hydrogen-bond donors (Lipinski definition) is 3. The first-order valence-electron chi connectivity index (χ1n) is 14.4. The zero-order valence-corrected chi connectivity index (χ0v) is 25.7. The highest BCUT2D eigenvalue weighted by Crippen LogP contribution is 2.28. The Morgan fingerprint density at radius 3 is 2.36 bits per heavy atom. The number of carbonyl (C=O) groups is 2. The van der Waals surface area contributed by atoms with Gasteiger partial charge in [0.1, 0.15) is 17.2 Å². The third kappa shape index (κ3) is 6.73. The number of rotatable bonds is 7. The number of para-hydroxylation sites is 2. The minimum atomic E-state index is -0.608. The van der Waals surface area contributed by atoms with Crippen LogP contribution in [0.1, 0.15) is 80.9 Å². The lowest BCUT2D eigenvalue weighted by Gasteiger charge is -2.42. The fourth-order valence-electron chi connectivity index (χ4n) is 5.46. The Morgan fingerprint density at radius 1 is 1.05 bits per heavy atom. The number of aromatic amines is 2. The SMILES string of the molecule is CC(C)c1nc2ccccc2n1Cc1ccc(C(=O)NC2(Cc3nc(=S)[nH][nH]3)CCN(C(=O)OC(C)(C)C)CC2)cc1. The fraction of sp³-hybridized carbons (Fsp3) is 0.452. The van der Waals surface area contributed by atoms with Crippen molar-refractivity contribution in [2.45, 2.75) is 77.5 Å². The largest absolute Gasteiger partial charge is 0.444 e. The number of nitrogens with zero attached hydrogens (tertiary/aromatic N) is 4. The molecule has 3 heterocycles. The van der Waals surface area contributed by atoms with Gasteiger partial charge in [-0.05, 0) is 75.7 Å². The first kappa shape index (κ1) is 29.5. The van der Waals surface area contributed by atoms with E-state index in [2.05, 4.69) is 45.0 Å². The number of imidazole rings is 1. The second kappa shape index (κ2) is 11.7. The number of fused-ring (bicyclic) bond motifs is 1. The van der Waals surface area contributed by atoms with Gasteiger partial charge in [-0.25, -0.2) is 14.8 Å². The van der Waals surface area contributed by atoms with Crippen molar-refractivity contribution >= 4 is 35.3 Å². The molecule has 10 nitrogen and oxygen atoms in total. The molecule has 42 heavy (non-hydrogen) atoms. The number of piperidine rings is 1. The lowest BCUT2D eigenvalue weighted by Crippen LogP contribution is -2.57. The van der Waals surface area contributed by atoms with Crippen molar-refractivity contribution < 1.29 is 14.3 Å². The van der Waals surface area contributed by atoms with Gasteiger partial charge in [0.25, 0.3) is 5.91 Å². The highest BCUT2D eigenvalue weighted by atomic mass is 32.1. The summed E-state index contributed by atoms with van der Waals surface area (Å²) in [4.78, 5) is 37.2. The molecule has 222 valence electrons. The average Bonchev–Trinajstić information content (AvgIpc) is 3.51. The van der Waals surface area contributed by atoms with E-state index in [4.69, 9.17) is 21.9 Å². The standard InChI is InChI=1S/C31H39N7O3S/c1-20(2)26-32-23-8-6-7-9-24(23)38(26)19-21-10-12-22(13-11-21)27(39)34-31(18-25-33-28(42)36-35-25)14-16-37(17-15-31)29(40)41-30(3,4)5/h6-13,20H,14-19H2,1-5H3,(H,34,39)(H2,33,35,36,42). The maximum absolute atomic E-state index is 13.6. The van der Waals surface area contributed by atoms with Gasteiger partial charge in [0.15, 0.2) is 0 Å². The van der Waals surface area contributed by atoms with Gasteiger partial charge < -0.3 is 19.5 Å². The van der Waals surface area contributed by atoms with Crippen LogP contribution in [0.4, 0.5) is 4.79 Å². The topological polar surface area (TPSA) is 121 Å². The number of H-pyrrole nitrogens is 2. The monoisotopic (exact) mass is 589 g/mol. The predicted molar refractivity (Wildman–Crippen MR) is 164 cm³/mol. The quantitative estimate of drug-likeness (QED) is 0.237. The molecule has 3 N–H and O–H groups in total. The summed E-state index contributed by atoms with van der Waals surface area (Å²) < 4.78 is 8.17. The minimum Gasteiger partial charge on any atom is -0.444 e. The van der Waals surface area contributed by atoms with E-state index in [-0.39, 0.29) is 17.9 Å². The summed E-state index contributed by atoms with van der Waals surface area (Å²) in [6, 6.07) is 15.9. The normalized spacial score (nSPS) is 15.2. The number of hydrogen-bond acceptors (Lipinski definition) is 6. The number of ether oxygens (including phenoxy) is 1. The second-order valence-corrected chi connectivity index (χ2v) is 12.8. The Labute approximate surface area is 250 Å². The molecule has 5 rings (SSSR count). The van der Waals surface area contributed by atoms with Crippen LogP contribution in [0.5, 0.6) is 0 Å². The zero-order chi connectivity index (χ0) is 30.1. The molecule has 1 fully saturated rings. The maximum Gasteiger partial charge on any atom is 0.410 e. The third-order valence-electron chi connectivity index (χ3n) is 7.56. The molecule has 4 aromatic rings. The zero-order valence-electron chi connectivity index (χ0n) is 24.9. The predicted octanol–water partition coefficient (Wildman–Crippen LogP) is 5.73. The van der Waals surface area contributed by atoms with Crippen molar-refractivity contribution in [2.75, 3.05) is 13.1 Å². The van der Waals surface area contributed by atoms with Crippen LogP contribution in [0.25, 0.3) is 11.0 Å². The van der Waals surface area contributed by atoms with Crippen molar-refractivity contribution in [3.05, 3.63) is 76.1 Å². The smallest absolute Gasteiger partial charge is 0.410 e. The first-order chi connectivity index (χ1) is 19.9. The molecule has 0 spiro atoms. The third-order valence-corrected chi connectivity index (χ3v) is 7.76. The van der Waals surface area contributed by atoms with Gasteiger partial charge >= 0.3 is 6.09 Å². The van der Waals surface area contributed by atoms with Crippen LogP contribution in [0.2, 0.25) is 0 Å². The van der Waals surface area contributed by atoms with E-state index in [9.17, 15) is 9.59 Å². The number of amides is 2. The van der Waals surface area contributed by atoms with Crippen LogP contribution in [-0.4, -0.2) is 65.9 Å². The van der Waals surface area contributed by atoms with Crippen molar-refractivity contribution in [3.63, 3.8) is 0 Å². The Bertz CT molecular complexity index is 1620. The van der Waals surface area contributed by atoms with Crippen LogP contribution in [0.15, 0.2) is 48.5 Å². The van der Waals surface area contributed by atoms with E-state index in [1.807, 2.05) is 63.2 Å². The van der Waals surface area contributed by atoms with Crippen molar-refractivity contribution in [3.8, 4) is 0 Å². The molecular formula is C31H39N7O3S. The van der Waals surface area contributed by atoms with Gasteiger partial charge in [-0.2, -0.15) is 0 Å². The number of carbonyl (C=O) groups excluding carboxylic acids is 2. The van der Waals surface area contributed by atoms with E-state index >= 15 is 0 Å². The van der Waals surface area contributed by atoms with Crippen LogP contribution in [-0.2, 0) is 17.7 Å². The van der Waals surface area contributed by atoms with Crippen LogP contribution < -0.4 is 5.32 Å². The summed E-state index contributed by atoms with van der Waals surface area (Å²) in [7, 11) is 0. The number of nitrogens with one attached hydrogen (secondary N) is 3. The first-order valence-corrected chi connectivity index (χ1v) is 14.8. The van der Waals surface area contributed by atoms with Crippen molar-refractivity contribution in [1.82, 2.24) is 34.9 Å². The van der Waals surface area contributed by atoms with Gasteiger partial charge in [-0.3, -0.25) is 15.0 Å². The van der Waals surface area contributed by atoms with Crippen LogP contribution in [0.3, 0.4) is 0 Å². The molecule has 0 atom stereocenters. The number of benzene rings is 2. The summed E-state index contributed by atoms with van der Waals surface area (Å²) in [5.41, 5.74) is 2.56. The molecule has 1 aliphatic heterocycles. The van der Waals surface area contributed by atoms with Crippen molar-refractivity contribution in [1.29, 1.82) is 0 Å². The Morgan fingerprint density at radius 2 is 1.74 bits per heavy atom. The number of likely N-dealkylation sites (tertiary alicyclic amines) is 1. The highest BCUT2D eigenvalue weighted by Gasteiger charge is 2.39. The molecule has 2 aromatic heterocycles. The van der Waals surface area contributed by atoms with E-state index in [1.165, 1.54) is 0 Å². The summed E-state index contributed by atoms with van der Waals surface area (Å²) >= 11 is 5.15. The fourth-order valence-corrected chi connectivity index (χ4v) is 5.62. The molecule has 2 aromatic carbocycles. The molecule has 0 bridgehead atoms. The maximum atomic E-state index is 13.6. The molecule has 0 saturated carbocycles. The summed E-state index contributed by atoms with van der Waals surface area (Å²) in [5.74, 6) is 1.81. The summed E-state index contributed by atoms with van der Waals surface area (Å²) in [6.07, 6.45) is 1.21. The van der Waals surface area contributed by atoms with Crippen molar-refractivity contribution in [2.24, 2.45) is 0 Å². The van der Waals surface area contributed by atoms with Gasteiger partial charge in [-0.15, -0.1) is 0 Å². The van der Waals surface area contributed by atoms with E-state index in [0.29, 0.717) is 55.1 Å². The van der Waals surface area contributed by atoms with E-state index < -0.39 is 11.1 Å². The highest BCUT2D eigenvalue weighted by molar-refractivity contribution is 7.71. The van der Waals surface area contributed by atoms with Gasteiger partial charge in [0.05, 0.1) is 16.6 Å². The molecule has 1 aliphatic rings.